The van der Waals surface area contributed by atoms with E-state index in [1.807, 2.05) is 13.0 Å². The molecule has 0 aromatic heterocycles. The molecule has 0 aromatic carbocycles. The van der Waals surface area contributed by atoms with Crippen LogP contribution in [0, 0.1) is 0 Å². The van der Waals surface area contributed by atoms with Crippen molar-refractivity contribution < 1.29 is 9.53 Å². The Morgan fingerprint density at radius 2 is 2.27 bits per heavy atom. The van der Waals surface area contributed by atoms with Crippen LogP contribution < -0.4 is 0 Å². The standard InChI is InChI=1S/C9H14O2/c1-4-5-6-8(2)7-9(10)11-3/h4,7H,1,5-6H2,2-3H3/b8-7-. The molecule has 0 bridgehead atoms. The summed E-state index contributed by atoms with van der Waals surface area (Å²) in [5, 5.41) is 0. The molecular weight excluding hydrogens is 140 g/mol. The Balaban J connectivity index is 3.79. The number of hydrogen-bond donors (Lipinski definition) is 0. The number of hydrogen-bond acceptors (Lipinski definition) is 2. The van der Waals surface area contributed by atoms with Gasteiger partial charge in [0.25, 0.3) is 0 Å². The molecule has 0 rings (SSSR count). The van der Waals surface area contributed by atoms with E-state index in [0.29, 0.717) is 0 Å². The summed E-state index contributed by atoms with van der Waals surface area (Å²) in [5.41, 5.74) is 1.02. The zero-order chi connectivity index (χ0) is 8.69. The third-order valence-electron chi connectivity index (χ3n) is 1.31. The first-order valence-corrected chi connectivity index (χ1v) is 3.56. The molecule has 0 heterocycles. The monoisotopic (exact) mass is 154 g/mol. The molecule has 0 unspecified atom stereocenters. The fourth-order valence-electron chi connectivity index (χ4n) is 0.662. The van der Waals surface area contributed by atoms with Gasteiger partial charge in [-0.15, -0.1) is 6.58 Å². The largest absolute Gasteiger partial charge is 0.466 e. The third kappa shape index (κ3) is 5.40. The summed E-state index contributed by atoms with van der Waals surface area (Å²) in [6.45, 7) is 5.49. The zero-order valence-corrected chi connectivity index (χ0v) is 7.09. The lowest BCUT2D eigenvalue weighted by atomic mass is 10.1. The van der Waals surface area contributed by atoms with Crippen molar-refractivity contribution in [2.75, 3.05) is 7.11 Å². The molecule has 0 fully saturated rings. The third-order valence-corrected chi connectivity index (χ3v) is 1.31. The predicted octanol–water partition coefficient (Wildman–Crippen LogP) is 2.07. The molecule has 0 atom stereocenters. The van der Waals surface area contributed by atoms with Gasteiger partial charge >= 0.3 is 5.97 Å². The molecule has 0 aliphatic heterocycles. The van der Waals surface area contributed by atoms with Crippen LogP contribution in [0.1, 0.15) is 19.8 Å². The molecular formula is C9H14O2. The minimum Gasteiger partial charge on any atom is -0.466 e. The van der Waals surface area contributed by atoms with Gasteiger partial charge in [-0.2, -0.15) is 0 Å². The summed E-state index contributed by atoms with van der Waals surface area (Å²) in [5.74, 6) is -0.286. The maximum absolute atomic E-state index is 10.7. The SMILES string of the molecule is C=CCC/C(C)=C\C(=O)OC. The maximum atomic E-state index is 10.7. The average Bonchev–Trinajstić information content (AvgIpc) is 2.00. The Labute approximate surface area is 67.6 Å². The Bertz CT molecular complexity index is 168. The minimum atomic E-state index is -0.286. The maximum Gasteiger partial charge on any atom is 0.330 e. The van der Waals surface area contributed by atoms with Crippen molar-refractivity contribution in [1.29, 1.82) is 0 Å². The summed E-state index contributed by atoms with van der Waals surface area (Å²) in [7, 11) is 1.37. The van der Waals surface area contributed by atoms with Crippen molar-refractivity contribution in [3.8, 4) is 0 Å². The highest BCUT2D eigenvalue weighted by molar-refractivity contribution is 5.82. The molecule has 0 aromatic rings. The molecule has 62 valence electrons. The van der Waals surface area contributed by atoms with Gasteiger partial charge in [-0.3, -0.25) is 0 Å². The Morgan fingerprint density at radius 3 is 2.73 bits per heavy atom. The Kier molecular flexibility index (Phi) is 5.17. The van der Waals surface area contributed by atoms with Crippen LogP contribution in [0.2, 0.25) is 0 Å². The summed E-state index contributed by atoms with van der Waals surface area (Å²) in [6, 6.07) is 0. The molecule has 0 aliphatic rings. The van der Waals surface area contributed by atoms with Crippen molar-refractivity contribution in [2.24, 2.45) is 0 Å². The van der Waals surface area contributed by atoms with Crippen LogP contribution in [0.15, 0.2) is 24.3 Å². The van der Waals surface area contributed by atoms with Gasteiger partial charge < -0.3 is 4.74 Å². The number of methoxy groups -OCH3 is 1. The van der Waals surface area contributed by atoms with Crippen LogP contribution >= 0.6 is 0 Å². The van der Waals surface area contributed by atoms with E-state index in [-0.39, 0.29) is 5.97 Å². The number of ether oxygens (including phenoxy) is 1. The van der Waals surface area contributed by atoms with Crippen LogP contribution in [-0.4, -0.2) is 13.1 Å². The number of carbonyl (C=O) groups excluding carboxylic acids is 1. The van der Waals surface area contributed by atoms with E-state index in [1.54, 1.807) is 0 Å². The minimum absolute atomic E-state index is 0.286. The fraction of sp³-hybridized carbons (Fsp3) is 0.444. The van der Waals surface area contributed by atoms with Crippen LogP contribution in [0.25, 0.3) is 0 Å². The van der Waals surface area contributed by atoms with E-state index in [1.165, 1.54) is 13.2 Å². The highest BCUT2D eigenvalue weighted by Crippen LogP contribution is 2.03. The first kappa shape index (κ1) is 9.95. The topological polar surface area (TPSA) is 26.3 Å². The molecule has 0 saturated carbocycles. The van der Waals surface area contributed by atoms with Gasteiger partial charge in [0.05, 0.1) is 7.11 Å². The van der Waals surface area contributed by atoms with E-state index in [0.717, 1.165) is 18.4 Å². The smallest absolute Gasteiger partial charge is 0.330 e. The van der Waals surface area contributed by atoms with Crippen molar-refractivity contribution in [3.63, 3.8) is 0 Å². The van der Waals surface area contributed by atoms with Gasteiger partial charge in [0.2, 0.25) is 0 Å². The molecule has 0 amide bonds. The summed E-state index contributed by atoms with van der Waals surface area (Å²) < 4.78 is 4.46. The van der Waals surface area contributed by atoms with Crippen LogP contribution in [0.3, 0.4) is 0 Å². The van der Waals surface area contributed by atoms with E-state index >= 15 is 0 Å². The van der Waals surface area contributed by atoms with Crippen molar-refractivity contribution in [3.05, 3.63) is 24.3 Å². The van der Waals surface area contributed by atoms with Crippen LogP contribution in [0.4, 0.5) is 0 Å². The number of allylic oxidation sites excluding steroid dienone is 2. The van der Waals surface area contributed by atoms with Gasteiger partial charge in [-0.1, -0.05) is 11.6 Å². The van der Waals surface area contributed by atoms with Gasteiger partial charge in [0.1, 0.15) is 0 Å². The summed E-state index contributed by atoms with van der Waals surface area (Å²) in [6.07, 6.45) is 5.11. The Hall–Kier alpha value is -1.05. The highest BCUT2D eigenvalue weighted by Gasteiger charge is 1.94. The molecule has 11 heavy (non-hydrogen) atoms. The first-order chi connectivity index (χ1) is 5.20. The van der Waals surface area contributed by atoms with Crippen LogP contribution in [-0.2, 0) is 9.53 Å². The lowest BCUT2D eigenvalue weighted by Crippen LogP contribution is -1.95. The zero-order valence-electron chi connectivity index (χ0n) is 7.09. The van der Waals surface area contributed by atoms with E-state index < -0.39 is 0 Å². The van der Waals surface area contributed by atoms with Crippen molar-refractivity contribution in [2.45, 2.75) is 19.8 Å². The molecule has 2 heteroatoms. The lowest BCUT2D eigenvalue weighted by molar-refractivity contribution is -0.134. The second kappa shape index (κ2) is 5.71. The van der Waals surface area contributed by atoms with Crippen LogP contribution in [0.5, 0.6) is 0 Å². The number of carbonyl (C=O) groups is 1. The summed E-state index contributed by atoms with van der Waals surface area (Å²) in [4.78, 5) is 10.7. The van der Waals surface area contributed by atoms with Gasteiger partial charge in [0, 0.05) is 6.08 Å². The van der Waals surface area contributed by atoms with E-state index in [9.17, 15) is 4.79 Å². The second-order valence-electron chi connectivity index (χ2n) is 2.34. The fourth-order valence-corrected chi connectivity index (χ4v) is 0.662. The quantitative estimate of drug-likeness (QED) is 0.352. The molecule has 0 spiro atoms. The van der Waals surface area contributed by atoms with Gasteiger partial charge in [0.15, 0.2) is 0 Å². The predicted molar refractivity (Wildman–Crippen MR) is 45.2 cm³/mol. The molecule has 0 radical (unpaired) electrons. The lowest BCUT2D eigenvalue weighted by Gasteiger charge is -1.96. The Morgan fingerprint density at radius 1 is 1.64 bits per heavy atom. The number of rotatable bonds is 4. The second-order valence-corrected chi connectivity index (χ2v) is 2.34. The van der Waals surface area contributed by atoms with Crippen molar-refractivity contribution >= 4 is 5.97 Å². The number of esters is 1. The summed E-state index contributed by atoms with van der Waals surface area (Å²) >= 11 is 0. The van der Waals surface area contributed by atoms with Crippen molar-refractivity contribution in [1.82, 2.24) is 0 Å². The van der Waals surface area contributed by atoms with Gasteiger partial charge in [-0.05, 0) is 19.8 Å². The normalized spacial score (nSPS) is 10.9. The average molecular weight is 154 g/mol. The van der Waals surface area contributed by atoms with Gasteiger partial charge in [-0.25, -0.2) is 4.79 Å². The molecule has 0 aliphatic carbocycles. The van der Waals surface area contributed by atoms with E-state index in [2.05, 4.69) is 11.3 Å². The molecule has 0 saturated heterocycles. The first-order valence-electron chi connectivity index (χ1n) is 3.56. The van der Waals surface area contributed by atoms with E-state index in [4.69, 9.17) is 0 Å². The highest BCUT2D eigenvalue weighted by atomic mass is 16.5. The molecule has 0 N–H and O–H groups in total. The molecule has 2 nitrogen and oxygen atoms in total.